The molecule has 0 fully saturated rings. The number of hydrogen-bond acceptors (Lipinski definition) is 5. The summed E-state index contributed by atoms with van der Waals surface area (Å²) in [6, 6.07) is 17.3. The third-order valence-corrected chi connectivity index (χ3v) is 7.31. The van der Waals surface area contributed by atoms with E-state index < -0.39 is 16.4 Å². The quantitative estimate of drug-likeness (QED) is 0.375. The predicted octanol–water partition coefficient (Wildman–Crippen LogP) is 5.23. The van der Waals surface area contributed by atoms with Crippen LogP contribution in [0, 0.1) is 0 Å². The van der Waals surface area contributed by atoms with Crippen molar-refractivity contribution in [1.29, 1.82) is 0 Å². The van der Waals surface area contributed by atoms with E-state index in [0.717, 1.165) is 22.5 Å². The van der Waals surface area contributed by atoms with Crippen molar-refractivity contribution in [1.82, 2.24) is 9.38 Å². The molecule has 6 nitrogen and oxygen atoms in total. The second-order valence-corrected chi connectivity index (χ2v) is 10.3. The lowest BCUT2D eigenvalue weighted by molar-refractivity contribution is -0.0506. The monoisotopic (exact) mass is 484 g/mol. The number of halogens is 2. The Labute approximate surface area is 195 Å². The van der Waals surface area contributed by atoms with Crippen LogP contribution in [0.2, 0.25) is 0 Å². The molecule has 9 heteroatoms. The Morgan fingerprint density at radius 1 is 1.03 bits per heavy atom. The van der Waals surface area contributed by atoms with Crippen LogP contribution in [-0.4, -0.2) is 37.8 Å². The van der Waals surface area contributed by atoms with E-state index in [2.05, 4.69) is 0 Å². The molecular formula is C25H22F2N2O4S. The fourth-order valence-corrected chi connectivity index (χ4v) is 5.25. The molecule has 2 aromatic carbocycles. The zero-order valence-corrected chi connectivity index (χ0v) is 19.3. The molecule has 1 aliphatic rings. The average molecular weight is 485 g/mol. The first-order valence-electron chi connectivity index (χ1n) is 10.6. The van der Waals surface area contributed by atoms with Gasteiger partial charge in [0, 0.05) is 31.0 Å². The van der Waals surface area contributed by atoms with Gasteiger partial charge in [-0.05, 0) is 47.9 Å². The van der Waals surface area contributed by atoms with Crippen LogP contribution in [0.25, 0.3) is 16.8 Å². The van der Waals surface area contributed by atoms with Crippen molar-refractivity contribution in [3.05, 3.63) is 83.8 Å². The summed E-state index contributed by atoms with van der Waals surface area (Å²) >= 11 is 0. The highest BCUT2D eigenvalue weighted by atomic mass is 32.2. The van der Waals surface area contributed by atoms with Gasteiger partial charge in [0.25, 0.3) is 0 Å². The topological polar surface area (TPSA) is 69.9 Å². The molecule has 0 bridgehead atoms. The Morgan fingerprint density at radius 2 is 1.74 bits per heavy atom. The van der Waals surface area contributed by atoms with Gasteiger partial charge in [0.1, 0.15) is 17.5 Å². The van der Waals surface area contributed by atoms with Gasteiger partial charge in [0.2, 0.25) is 0 Å². The van der Waals surface area contributed by atoms with Crippen LogP contribution >= 0.6 is 0 Å². The van der Waals surface area contributed by atoms with Crippen molar-refractivity contribution in [3.63, 3.8) is 0 Å². The van der Waals surface area contributed by atoms with Crippen LogP contribution in [0.4, 0.5) is 8.78 Å². The second kappa shape index (κ2) is 8.48. The molecule has 2 heterocycles. The van der Waals surface area contributed by atoms with E-state index in [4.69, 9.17) is 14.5 Å². The molecular weight excluding hydrogens is 462 g/mol. The Bertz CT molecular complexity index is 1470. The molecule has 0 saturated heterocycles. The molecule has 176 valence electrons. The van der Waals surface area contributed by atoms with E-state index in [1.54, 1.807) is 55.6 Å². The number of imidazole rings is 1. The van der Waals surface area contributed by atoms with Crippen LogP contribution in [0.3, 0.4) is 0 Å². The summed E-state index contributed by atoms with van der Waals surface area (Å²) in [5.74, 6) is -0.125. The lowest BCUT2D eigenvalue weighted by Crippen LogP contribution is -2.08. The summed E-state index contributed by atoms with van der Waals surface area (Å²) in [7, 11) is -1.68. The molecule has 0 N–H and O–H groups in total. The summed E-state index contributed by atoms with van der Waals surface area (Å²) in [5.41, 5.74) is 4.69. The summed E-state index contributed by atoms with van der Waals surface area (Å²) in [6.45, 7) is -2.93. The number of fused-ring (bicyclic) bond motifs is 3. The minimum Gasteiger partial charge on any atom is -0.435 e. The van der Waals surface area contributed by atoms with Gasteiger partial charge in [-0.25, -0.2) is 13.4 Å². The largest absolute Gasteiger partial charge is 0.435 e. The van der Waals surface area contributed by atoms with Crippen LogP contribution in [0.1, 0.15) is 35.4 Å². The van der Waals surface area contributed by atoms with Crippen molar-refractivity contribution in [3.8, 4) is 16.9 Å². The number of benzene rings is 2. The third kappa shape index (κ3) is 3.95. The van der Waals surface area contributed by atoms with E-state index in [1.807, 2.05) is 22.7 Å². The zero-order valence-electron chi connectivity index (χ0n) is 18.5. The van der Waals surface area contributed by atoms with Crippen molar-refractivity contribution < 1.29 is 26.7 Å². The van der Waals surface area contributed by atoms with Gasteiger partial charge in [-0.3, -0.25) is 0 Å². The molecule has 2 atom stereocenters. The number of sulfone groups is 1. The highest BCUT2D eigenvalue weighted by Crippen LogP contribution is 2.48. The Hall–Kier alpha value is -3.30. The van der Waals surface area contributed by atoms with E-state index in [-0.39, 0.29) is 22.7 Å². The molecule has 0 amide bonds. The van der Waals surface area contributed by atoms with Gasteiger partial charge in [0.15, 0.2) is 9.84 Å². The van der Waals surface area contributed by atoms with Crippen LogP contribution in [-0.2, 0) is 14.6 Å². The number of aromatic nitrogens is 2. The molecule has 0 saturated carbocycles. The van der Waals surface area contributed by atoms with Gasteiger partial charge in [0.05, 0.1) is 16.3 Å². The Morgan fingerprint density at radius 3 is 2.41 bits per heavy atom. The number of alkyl halides is 2. The molecule has 1 aliphatic carbocycles. The van der Waals surface area contributed by atoms with Gasteiger partial charge < -0.3 is 13.9 Å². The number of methoxy groups -OCH3 is 1. The number of hydrogen-bond donors (Lipinski definition) is 0. The maximum absolute atomic E-state index is 13.1. The predicted molar refractivity (Wildman–Crippen MR) is 123 cm³/mol. The van der Waals surface area contributed by atoms with Crippen LogP contribution in [0.5, 0.6) is 5.75 Å². The van der Waals surface area contributed by atoms with Crippen LogP contribution < -0.4 is 4.74 Å². The number of pyridine rings is 1. The molecule has 34 heavy (non-hydrogen) atoms. The molecule has 0 aliphatic heterocycles. The van der Waals surface area contributed by atoms with E-state index in [0.29, 0.717) is 17.6 Å². The van der Waals surface area contributed by atoms with Crippen molar-refractivity contribution >= 4 is 15.5 Å². The molecule has 0 radical (unpaired) electrons. The fourth-order valence-electron chi connectivity index (χ4n) is 4.62. The smallest absolute Gasteiger partial charge is 0.387 e. The van der Waals surface area contributed by atoms with Gasteiger partial charge >= 0.3 is 6.61 Å². The van der Waals surface area contributed by atoms with E-state index in [1.165, 1.54) is 6.26 Å². The van der Waals surface area contributed by atoms with Crippen molar-refractivity contribution in [2.75, 3.05) is 13.4 Å². The first-order chi connectivity index (χ1) is 16.3. The van der Waals surface area contributed by atoms with E-state index >= 15 is 0 Å². The molecule has 0 spiro atoms. The summed E-state index contributed by atoms with van der Waals surface area (Å²) < 4.78 is 62.1. The van der Waals surface area contributed by atoms with Gasteiger partial charge in [-0.2, -0.15) is 8.78 Å². The molecule has 4 aromatic rings. The highest BCUT2D eigenvalue weighted by Gasteiger charge is 2.38. The minimum atomic E-state index is -3.29. The number of nitrogens with zero attached hydrogens (tertiary/aromatic N) is 2. The summed E-state index contributed by atoms with van der Waals surface area (Å²) in [6.07, 6.45) is 3.37. The standard InChI is InChI=1S/C25H22F2N2O4S/c1-32-21-13-19(18-5-3-4-6-20(18)33-25(26)27)24-23(21)28-22-12-9-16(14-29(22)24)15-7-10-17(11-8-15)34(2,30)31/h3-12,14,19,21,25H,13H2,1-2H3. The van der Waals surface area contributed by atoms with Gasteiger partial charge in [-0.1, -0.05) is 30.3 Å². The number of ether oxygens (including phenoxy) is 2. The van der Waals surface area contributed by atoms with E-state index in [9.17, 15) is 17.2 Å². The van der Waals surface area contributed by atoms with Crippen molar-refractivity contribution in [2.24, 2.45) is 0 Å². The lowest BCUT2D eigenvalue weighted by atomic mass is 9.95. The van der Waals surface area contributed by atoms with Gasteiger partial charge in [-0.15, -0.1) is 0 Å². The van der Waals surface area contributed by atoms with Crippen LogP contribution in [0.15, 0.2) is 71.8 Å². The first-order valence-corrected chi connectivity index (χ1v) is 12.5. The Balaban J connectivity index is 1.63. The number of rotatable bonds is 6. The Kier molecular flexibility index (Phi) is 5.61. The minimum absolute atomic E-state index is 0.132. The fraction of sp³-hybridized carbons (Fsp3) is 0.240. The number of para-hydroxylation sites is 1. The highest BCUT2D eigenvalue weighted by molar-refractivity contribution is 7.90. The third-order valence-electron chi connectivity index (χ3n) is 6.18. The molecule has 2 unspecified atom stereocenters. The zero-order chi connectivity index (χ0) is 24.0. The second-order valence-electron chi connectivity index (χ2n) is 8.25. The SMILES string of the molecule is COC1CC(c2ccccc2OC(F)F)c2c1nc1ccc(-c3ccc(S(C)(=O)=O)cc3)cn21. The lowest BCUT2D eigenvalue weighted by Gasteiger charge is -2.18. The maximum Gasteiger partial charge on any atom is 0.387 e. The normalized spacial score (nSPS) is 17.9. The summed E-state index contributed by atoms with van der Waals surface area (Å²) in [4.78, 5) is 5.01. The average Bonchev–Trinajstić information content (AvgIpc) is 3.35. The van der Waals surface area contributed by atoms with Crippen molar-refractivity contribution in [2.45, 2.75) is 29.9 Å². The molecule has 2 aromatic heterocycles. The summed E-state index contributed by atoms with van der Waals surface area (Å²) in [5, 5.41) is 0. The maximum atomic E-state index is 13.1. The molecule has 5 rings (SSSR count). The first kappa shape index (κ1) is 22.5.